The van der Waals surface area contributed by atoms with Gasteiger partial charge in [-0.05, 0) is 59.7 Å². The topological polar surface area (TPSA) is 22.0 Å². The van der Waals surface area contributed by atoms with E-state index in [4.69, 9.17) is 6.42 Å². The van der Waals surface area contributed by atoms with Crippen LogP contribution in [0.15, 0.2) is 77.6 Å². The summed E-state index contributed by atoms with van der Waals surface area (Å²) in [4.78, 5) is 12.8. The lowest BCUT2D eigenvalue weighted by Gasteiger charge is -2.13. The van der Waals surface area contributed by atoms with Crippen LogP contribution in [0.25, 0.3) is 21.9 Å². The summed E-state index contributed by atoms with van der Waals surface area (Å²) in [6, 6.07) is 24.2. The number of rotatable bonds is 2. The molecule has 0 N–H and O–H groups in total. The fraction of sp³-hybridized carbons (Fsp3) is 0.115. The van der Waals surface area contributed by atoms with Gasteiger partial charge in [-0.15, -0.1) is 6.42 Å². The number of pyridine rings is 1. The van der Waals surface area contributed by atoms with Crippen molar-refractivity contribution < 1.29 is 0 Å². The fourth-order valence-electron chi connectivity index (χ4n) is 3.44. The predicted molar refractivity (Wildman–Crippen MR) is 117 cm³/mol. The van der Waals surface area contributed by atoms with Crippen molar-refractivity contribution in [2.24, 2.45) is 0 Å². The minimum atomic E-state index is -0.0361. The molecule has 0 saturated heterocycles. The van der Waals surface area contributed by atoms with Crippen LogP contribution in [0.1, 0.15) is 22.4 Å². The van der Waals surface area contributed by atoms with E-state index in [1.54, 1.807) is 4.57 Å². The third kappa shape index (κ3) is 3.48. The predicted octanol–water partition coefficient (Wildman–Crippen LogP) is 5.31. The summed E-state index contributed by atoms with van der Waals surface area (Å²) >= 11 is 0. The van der Waals surface area contributed by atoms with Gasteiger partial charge >= 0.3 is 0 Å². The molecule has 28 heavy (non-hydrogen) atoms. The van der Waals surface area contributed by atoms with E-state index in [0.717, 1.165) is 10.9 Å². The summed E-state index contributed by atoms with van der Waals surface area (Å²) in [5.41, 5.74) is 6.92. The zero-order chi connectivity index (χ0) is 19.7. The molecule has 0 fully saturated rings. The van der Waals surface area contributed by atoms with E-state index < -0.39 is 0 Å². The molecule has 0 saturated carbocycles. The Labute approximate surface area is 165 Å². The maximum absolute atomic E-state index is 12.8. The Morgan fingerprint density at radius 1 is 0.893 bits per heavy atom. The van der Waals surface area contributed by atoms with Crippen molar-refractivity contribution in [3.8, 4) is 23.5 Å². The minimum absolute atomic E-state index is 0.0361. The standard InChI is InChI=1S/C20H17NO.C6H4/c1-4-18-12-16-7-5-6-8-19(16)20(22)21(18)13-17-10-9-14(2)11-15(17)3;1-2-5-4-6(5)3-1/h1,5-12H,13H2,2-3H3;1-4H. The minimum Gasteiger partial charge on any atom is -0.296 e. The second-order valence-electron chi connectivity index (χ2n) is 7.16. The van der Waals surface area contributed by atoms with Crippen LogP contribution in [0, 0.1) is 26.2 Å². The Balaban J connectivity index is 0.000000268. The molecule has 0 bridgehead atoms. The van der Waals surface area contributed by atoms with Gasteiger partial charge in [0.05, 0.1) is 12.2 Å². The van der Waals surface area contributed by atoms with Crippen molar-refractivity contribution in [1.82, 2.24) is 4.57 Å². The number of fused-ring (bicyclic) bond motifs is 2. The van der Waals surface area contributed by atoms with Crippen LogP contribution in [0.3, 0.4) is 0 Å². The molecule has 2 nitrogen and oxygen atoms in total. The van der Waals surface area contributed by atoms with Crippen molar-refractivity contribution in [1.29, 1.82) is 0 Å². The van der Waals surface area contributed by atoms with Crippen molar-refractivity contribution in [3.63, 3.8) is 0 Å². The van der Waals surface area contributed by atoms with Gasteiger partial charge in [-0.3, -0.25) is 9.36 Å². The lowest BCUT2D eigenvalue weighted by Crippen LogP contribution is -2.23. The number of terminal acetylenes is 1. The van der Waals surface area contributed by atoms with E-state index in [-0.39, 0.29) is 5.56 Å². The van der Waals surface area contributed by atoms with Crippen LogP contribution in [0.2, 0.25) is 0 Å². The second-order valence-corrected chi connectivity index (χ2v) is 7.16. The Hall–Kier alpha value is -3.57. The smallest absolute Gasteiger partial charge is 0.259 e. The highest BCUT2D eigenvalue weighted by molar-refractivity contribution is 5.82. The molecule has 1 heterocycles. The third-order valence-corrected chi connectivity index (χ3v) is 5.11. The van der Waals surface area contributed by atoms with E-state index >= 15 is 0 Å². The lowest BCUT2D eigenvalue weighted by atomic mass is 10.0. The van der Waals surface area contributed by atoms with Crippen LogP contribution < -0.4 is 5.56 Å². The lowest BCUT2D eigenvalue weighted by molar-refractivity contribution is 0.753. The van der Waals surface area contributed by atoms with E-state index in [0.29, 0.717) is 17.6 Å². The average Bonchev–Trinajstić information content (AvgIpc) is 3.30. The maximum Gasteiger partial charge on any atom is 0.259 e. The molecule has 3 aromatic rings. The Morgan fingerprint density at radius 3 is 2.25 bits per heavy atom. The highest BCUT2D eigenvalue weighted by Gasteiger charge is 2.09. The molecule has 2 aromatic carbocycles. The van der Waals surface area contributed by atoms with Crippen molar-refractivity contribution in [2.75, 3.05) is 0 Å². The number of nitrogens with zero attached hydrogens (tertiary/aromatic N) is 1. The van der Waals surface area contributed by atoms with Gasteiger partial charge in [-0.2, -0.15) is 0 Å². The zero-order valence-corrected chi connectivity index (χ0v) is 16.1. The monoisotopic (exact) mass is 363 g/mol. The van der Waals surface area contributed by atoms with Crippen LogP contribution in [-0.4, -0.2) is 4.57 Å². The quantitative estimate of drug-likeness (QED) is 0.389. The van der Waals surface area contributed by atoms with Crippen LogP contribution in [-0.2, 0) is 6.54 Å². The van der Waals surface area contributed by atoms with Crippen LogP contribution in [0.5, 0.6) is 0 Å². The Bertz CT molecular complexity index is 1270. The van der Waals surface area contributed by atoms with E-state index in [1.165, 1.54) is 22.3 Å². The first-order chi connectivity index (χ1) is 13.6. The maximum atomic E-state index is 12.8. The van der Waals surface area contributed by atoms with Crippen molar-refractivity contribution in [2.45, 2.75) is 20.4 Å². The number of hydrogen-bond donors (Lipinski definition) is 0. The van der Waals surface area contributed by atoms with Crippen molar-refractivity contribution >= 4 is 10.8 Å². The number of benzene rings is 3. The highest BCUT2D eigenvalue weighted by Crippen LogP contribution is 2.32. The van der Waals surface area contributed by atoms with Gasteiger partial charge in [0.2, 0.25) is 0 Å². The summed E-state index contributed by atoms with van der Waals surface area (Å²) in [6.07, 6.45) is 5.62. The largest absolute Gasteiger partial charge is 0.296 e. The molecule has 136 valence electrons. The van der Waals surface area contributed by atoms with Gasteiger partial charge in [0.15, 0.2) is 0 Å². The summed E-state index contributed by atoms with van der Waals surface area (Å²) in [6.45, 7) is 4.62. The number of aromatic nitrogens is 1. The first-order valence-corrected chi connectivity index (χ1v) is 9.32. The van der Waals surface area contributed by atoms with Gasteiger partial charge in [-0.1, -0.05) is 66.1 Å². The summed E-state index contributed by atoms with van der Waals surface area (Å²) in [7, 11) is 0. The molecule has 2 heteroatoms. The normalized spacial score (nSPS) is 10.8. The molecule has 0 spiro atoms. The molecule has 2 aliphatic rings. The molecule has 5 rings (SSSR count). The third-order valence-electron chi connectivity index (χ3n) is 5.11. The zero-order valence-electron chi connectivity index (χ0n) is 16.1. The first-order valence-electron chi connectivity index (χ1n) is 9.32. The van der Waals surface area contributed by atoms with Gasteiger partial charge in [-0.25, -0.2) is 0 Å². The molecule has 0 amide bonds. The Morgan fingerprint density at radius 2 is 1.64 bits per heavy atom. The van der Waals surface area contributed by atoms with Gasteiger partial charge in [0.1, 0.15) is 0 Å². The summed E-state index contributed by atoms with van der Waals surface area (Å²) < 4.78 is 1.68. The molecular formula is C26H21NO. The molecule has 2 aliphatic carbocycles. The van der Waals surface area contributed by atoms with Crippen molar-refractivity contribution in [3.05, 3.63) is 106 Å². The van der Waals surface area contributed by atoms with E-state index in [1.807, 2.05) is 30.3 Å². The molecular weight excluding hydrogens is 342 g/mol. The average molecular weight is 363 g/mol. The summed E-state index contributed by atoms with van der Waals surface area (Å²) in [5, 5.41) is 1.59. The second kappa shape index (κ2) is 7.21. The van der Waals surface area contributed by atoms with Gasteiger partial charge in [0, 0.05) is 5.39 Å². The SMILES string of the molecule is C#Cc1cc2ccccc2c(=O)n1Cc1ccc(C)cc1C.c1cc2cc-2c1. The Kier molecular flexibility index (Phi) is 4.59. The number of hydrogen-bond acceptors (Lipinski definition) is 1. The molecule has 0 aliphatic heterocycles. The first kappa shape index (κ1) is 17.8. The molecule has 0 atom stereocenters. The fourth-order valence-corrected chi connectivity index (χ4v) is 3.44. The summed E-state index contributed by atoms with van der Waals surface area (Å²) in [5.74, 6) is 2.64. The number of aryl methyl sites for hydroxylation is 2. The molecule has 0 unspecified atom stereocenters. The van der Waals surface area contributed by atoms with Gasteiger partial charge < -0.3 is 0 Å². The van der Waals surface area contributed by atoms with E-state index in [9.17, 15) is 4.79 Å². The van der Waals surface area contributed by atoms with Gasteiger partial charge in [0.25, 0.3) is 5.56 Å². The molecule has 0 radical (unpaired) electrons. The highest BCUT2D eigenvalue weighted by atomic mass is 16.1. The van der Waals surface area contributed by atoms with Crippen LogP contribution >= 0.6 is 0 Å². The van der Waals surface area contributed by atoms with E-state index in [2.05, 4.69) is 62.2 Å². The molecule has 1 aromatic heterocycles. The van der Waals surface area contributed by atoms with Crippen LogP contribution in [0.4, 0.5) is 0 Å².